The van der Waals surface area contributed by atoms with E-state index in [0.717, 1.165) is 42.2 Å². The number of nitro benzene ring substituents is 2. The van der Waals surface area contributed by atoms with Crippen LogP contribution in [-0.4, -0.2) is 83.9 Å². The Hall–Kier alpha value is -8.10. The average Bonchev–Trinajstić information content (AvgIpc) is 4.05. The van der Waals surface area contributed by atoms with Crippen LogP contribution in [0.25, 0.3) is 44.6 Å². The molecule has 0 aliphatic carbocycles. The van der Waals surface area contributed by atoms with Gasteiger partial charge in [0.05, 0.1) is 69.8 Å². The molecule has 9 rings (SSSR count). The summed E-state index contributed by atoms with van der Waals surface area (Å²) in [4.78, 5) is 50.9. The summed E-state index contributed by atoms with van der Waals surface area (Å²) in [5.74, 6) is -1.29. The first-order valence-corrected chi connectivity index (χ1v) is 22.3. The molecule has 0 radical (unpaired) electrons. The van der Waals surface area contributed by atoms with E-state index in [2.05, 4.69) is 45.6 Å². The van der Waals surface area contributed by atoms with Gasteiger partial charge in [0, 0.05) is 39.5 Å². The predicted molar refractivity (Wildman–Crippen MR) is 259 cm³/mol. The summed E-state index contributed by atoms with van der Waals surface area (Å²) >= 11 is 3.07. The van der Waals surface area contributed by atoms with Crippen LogP contribution in [-0.2, 0) is 31.1 Å². The number of ether oxygens (including phenoxy) is 2. The van der Waals surface area contributed by atoms with Crippen molar-refractivity contribution in [3.8, 4) is 22.8 Å². The Labute approximate surface area is 423 Å². The fourth-order valence-corrected chi connectivity index (χ4v) is 7.64. The molecule has 0 unspecified atom stereocenters. The number of halogens is 7. The van der Waals surface area contributed by atoms with Crippen molar-refractivity contribution >= 4 is 73.6 Å². The molecule has 4 aromatic carbocycles. The van der Waals surface area contributed by atoms with Gasteiger partial charge >= 0.3 is 31.4 Å². The number of non-ortho nitro benzene ring substituents is 2. The molecule has 18 nitrogen and oxygen atoms in total. The highest BCUT2D eigenvalue weighted by Gasteiger charge is 2.51. The van der Waals surface area contributed by atoms with Crippen LogP contribution < -0.4 is 5.46 Å². The van der Waals surface area contributed by atoms with Gasteiger partial charge in [-0.25, -0.2) is 28.9 Å². The number of pyridine rings is 2. The van der Waals surface area contributed by atoms with Crippen LogP contribution in [0, 0.1) is 20.2 Å². The maximum atomic E-state index is 13.1. The largest absolute Gasteiger partial charge is 0.494 e. The zero-order valence-corrected chi connectivity index (χ0v) is 41.0. The molecule has 0 N–H and O–H groups in total. The van der Waals surface area contributed by atoms with Gasteiger partial charge in [-0.15, -0.1) is 0 Å². The molecule has 5 heterocycles. The second-order valence-electron chi connectivity index (χ2n) is 17.0. The molecule has 0 bridgehead atoms. The van der Waals surface area contributed by atoms with E-state index >= 15 is 0 Å². The highest BCUT2D eigenvalue weighted by molar-refractivity contribution is 9.10. The lowest BCUT2D eigenvalue weighted by molar-refractivity contribution is -0.385. The van der Waals surface area contributed by atoms with Crippen molar-refractivity contribution in [1.82, 2.24) is 29.5 Å². The Morgan fingerprint density at radius 3 is 1.55 bits per heavy atom. The lowest BCUT2D eigenvalue weighted by Crippen LogP contribution is -2.41. The molecule has 1 aliphatic heterocycles. The Balaban J connectivity index is 0.000000174. The van der Waals surface area contributed by atoms with Gasteiger partial charge in [0.1, 0.15) is 11.4 Å². The SMILES string of the molecule is CC1(C)OB(c2ccc3cnn(-c4cccc(C(F)(F)F)n4)c3c2)OC1(C)C.COC(=O)c1cc(-c2ccc3cnn(-c4cccc(C(F)(F)F)n4)c3c2)cc([N+](=O)[O-])c1.COC(=O)c1cc(Br)cc([N+](=O)[O-])c1. The first-order valence-electron chi connectivity index (χ1n) is 21.5. The highest BCUT2D eigenvalue weighted by atomic mass is 79.9. The number of fused-ring (bicyclic) bond motifs is 2. The monoisotopic (exact) mass is 1090 g/mol. The number of hydrogen-bond acceptors (Lipinski definition) is 14. The molecule has 26 heteroatoms. The van der Waals surface area contributed by atoms with Crippen molar-refractivity contribution in [3.05, 3.63) is 169 Å². The zero-order valence-electron chi connectivity index (χ0n) is 39.4. The molecule has 0 atom stereocenters. The maximum Gasteiger partial charge on any atom is 0.494 e. The standard InChI is InChI=1S/C21H13F3N4O4.C19H19BF3N3O2.C8H6BrNO4/c1-32-20(29)15-7-14(8-16(9-15)28(30)31)12-5-6-13-11-25-27(17(13)10-12)19-4-2-3-18(26-19)21(22,23)24;1-17(2)18(3,4)28-20(27-17)13-9-8-12-11-24-26(14(12)10-13)16-7-5-6-15(25-16)19(21,22)23;1-14-8(11)5-2-6(9)4-7(3-5)10(12)13/h2-11H,1H3;5-11H,1-4H3;2-4H,1H3. The Kier molecular flexibility index (Phi) is 15.1. The Morgan fingerprint density at radius 2 is 1.08 bits per heavy atom. The van der Waals surface area contributed by atoms with Gasteiger partial charge < -0.3 is 18.8 Å². The molecular formula is C48H38BBrF6N8O10. The molecule has 0 spiro atoms. The minimum Gasteiger partial charge on any atom is -0.465 e. The number of alkyl halides is 6. The number of benzene rings is 4. The minimum absolute atomic E-state index is 0.00940. The van der Waals surface area contributed by atoms with E-state index in [4.69, 9.17) is 9.31 Å². The van der Waals surface area contributed by atoms with E-state index in [0.29, 0.717) is 32.0 Å². The molecule has 1 aliphatic rings. The molecule has 1 saturated heterocycles. The Morgan fingerprint density at radius 1 is 0.622 bits per heavy atom. The number of esters is 2. The van der Waals surface area contributed by atoms with Crippen LogP contribution in [0.3, 0.4) is 0 Å². The van der Waals surface area contributed by atoms with Crippen LogP contribution in [0.2, 0.25) is 0 Å². The summed E-state index contributed by atoms with van der Waals surface area (Å²) < 4.78 is 103. The maximum absolute atomic E-state index is 13.1. The lowest BCUT2D eigenvalue weighted by Gasteiger charge is -2.32. The first-order chi connectivity index (χ1) is 34.7. The second-order valence-corrected chi connectivity index (χ2v) is 17.9. The summed E-state index contributed by atoms with van der Waals surface area (Å²) in [6.07, 6.45) is -6.08. The Bertz CT molecular complexity index is 3460. The van der Waals surface area contributed by atoms with E-state index in [1.165, 1.54) is 71.2 Å². The van der Waals surface area contributed by atoms with E-state index in [1.54, 1.807) is 24.4 Å². The number of nitrogens with zero attached hydrogens (tertiary/aromatic N) is 8. The number of hydrogen-bond donors (Lipinski definition) is 0. The van der Waals surface area contributed by atoms with Gasteiger partial charge in [-0.1, -0.05) is 52.3 Å². The molecular weight excluding hydrogens is 1050 g/mol. The first kappa shape index (κ1) is 53.7. The molecule has 382 valence electrons. The third-order valence-electron chi connectivity index (χ3n) is 11.6. The summed E-state index contributed by atoms with van der Waals surface area (Å²) in [7, 11) is 1.80. The van der Waals surface area contributed by atoms with Crippen molar-refractivity contribution in [3.63, 3.8) is 0 Å². The van der Waals surface area contributed by atoms with Crippen LogP contribution in [0.15, 0.2) is 126 Å². The number of methoxy groups -OCH3 is 2. The molecule has 0 amide bonds. The number of carbonyl (C=O) groups is 2. The van der Waals surface area contributed by atoms with Crippen LogP contribution in [0.1, 0.15) is 59.8 Å². The lowest BCUT2D eigenvalue weighted by atomic mass is 9.79. The number of nitro groups is 2. The van der Waals surface area contributed by atoms with Crippen molar-refractivity contribution in [2.75, 3.05) is 14.2 Å². The number of carbonyl (C=O) groups excluding carboxylic acids is 2. The smallest absolute Gasteiger partial charge is 0.465 e. The van der Waals surface area contributed by atoms with Gasteiger partial charge in [0.15, 0.2) is 11.6 Å². The fraction of sp³-hybridized carbons (Fsp3) is 0.208. The summed E-state index contributed by atoms with van der Waals surface area (Å²) in [6.45, 7) is 7.84. The third kappa shape index (κ3) is 11.7. The topological polar surface area (TPSA) is 219 Å². The van der Waals surface area contributed by atoms with Gasteiger partial charge in [0.2, 0.25) is 0 Å². The number of aromatic nitrogens is 6. The molecule has 74 heavy (non-hydrogen) atoms. The molecule has 4 aromatic heterocycles. The van der Waals surface area contributed by atoms with E-state index in [1.807, 2.05) is 45.9 Å². The van der Waals surface area contributed by atoms with Gasteiger partial charge in [-0.2, -0.15) is 36.5 Å². The minimum atomic E-state index is -4.61. The van der Waals surface area contributed by atoms with E-state index in [-0.39, 0.29) is 34.1 Å². The normalized spacial score (nSPS) is 13.9. The van der Waals surface area contributed by atoms with Crippen LogP contribution >= 0.6 is 15.9 Å². The summed E-state index contributed by atoms with van der Waals surface area (Å²) in [5.41, 5.74) is -0.669. The average molecular weight is 1090 g/mol. The highest BCUT2D eigenvalue weighted by Crippen LogP contribution is 2.37. The van der Waals surface area contributed by atoms with Crippen molar-refractivity contribution in [2.24, 2.45) is 0 Å². The molecule has 8 aromatic rings. The van der Waals surface area contributed by atoms with Crippen molar-refractivity contribution < 1.29 is 64.6 Å². The van der Waals surface area contributed by atoms with Crippen LogP contribution in [0.5, 0.6) is 0 Å². The van der Waals surface area contributed by atoms with E-state index < -0.39 is 63.8 Å². The van der Waals surface area contributed by atoms with Gasteiger partial charge in [-0.3, -0.25) is 20.2 Å². The van der Waals surface area contributed by atoms with Crippen LogP contribution in [0.4, 0.5) is 37.7 Å². The predicted octanol–water partition coefficient (Wildman–Crippen LogP) is 10.7. The second kappa shape index (κ2) is 20.8. The van der Waals surface area contributed by atoms with Crippen molar-refractivity contribution in [1.29, 1.82) is 0 Å². The van der Waals surface area contributed by atoms with Crippen molar-refractivity contribution in [2.45, 2.75) is 51.2 Å². The van der Waals surface area contributed by atoms with Gasteiger partial charge in [-0.05, 0) is 92.8 Å². The van der Waals surface area contributed by atoms with Gasteiger partial charge in [0.25, 0.3) is 11.4 Å². The van der Waals surface area contributed by atoms with E-state index in [9.17, 15) is 56.2 Å². The zero-order chi connectivity index (χ0) is 54.1. The summed E-state index contributed by atoms with van der Waals surface area (Å²) in [6, 6.07) is 25.4. The third-order valence-corrected chi connectivity index (χ3v) is 12.0. The number of rotatable bonds is 8. The summed E-state index contributed by atoms with van der Waals surface area (Å²) in [5, 5.41) is 31.5. The molecule has 0 saturated carbocycles. The quantitative estimate of drug-likeness (QED) is 0.0454. The fourth-order valence-electron chi connectivity index (χ4n) is 7.16. The molecule has 1 fully saturated rings.